The molecular weight excluding hydrogens is 356 g/mol. The molecule has 2 aliphatic rings. The average molecular weight is 373 g/mol. The van der Waals surface area contributed by atoms with Crippen LogP contribution in [0, 0.1) is 5.92 Å². The second kappa shape index (κ2) is 5.70. The average Bonchev–Trinajstić information content (AvgIpc) is 3.11. The fourth-order valence-electron chi connectivity index (χ4n) is 2.50. The van der Waals surface area contributed by atoms with Gasteiger partial charge in [-0.15, -0.1) is 0 Å². The highest BCUT2D eigenvalue weighted by atomic mass is 79.9. The Bertz CT molecular complexity index is 658. The summed E-state index contributed by atoms with van der Waals surface area (Å²) in [4.78, 5) is 12.3. The van der Waals surface area contributed by atoms with Gasteiger partial charge >= 0.3 is 0 Å². The molecule has 0 aromatic heterocycles. The Hall–Kier alpha value is -0.920. The van der Waals surface area contributed by atoms with Crippen molar-refractivity contribution in [1.29, 1.82) is 0 Å². The summed E-state index contributed by atoms with van der Waals surface area (Å²) in [5, 5.41) is 2.95. The van der Waals surface area contributed by atoms with E-state index in [2.05, 4.69) is 21.2 Å². The van der Waals surface area contributed by atoms with Crippen LogP contribution in [0.5, 0.6) is 0 Å². The highest BCUT2D eigenvalue weighted by Gasteiger charge is 2.37. The first-order valence-electron chi connectivity index (χ1n) is 7.03. The van der Waals surface area contributed by atoms with Crippen LogP contribution in [0.1, 0.15) is 19.3 Å². The maximum absolute atomic E-state index is 12.6. The Morgan fingerprint density at radius 2 is 1.95 bits per heavy atom. The van der Waals surface area contributed by atoms with Gasteiger partial charge < -0.3 is 5.32 Å². The van der Waals surface area contributed by atoms with Crippen molar-refractivity contribution < 1.29 is 13.2 Å². The highest BCUT2D eigenvalue weighted by molar-refractivity contribution is 9.10. The molecule has 21 heavy (non-hydrogen) atoms. The molecule has 1 amide bonds. The van der Waals surface area contributed by atoms with Gasteiger partial charge in [-0.1, -0.05) is 12.1 Å². The van der Waals surface area contributed by atoms with Crippen LogP contribution >= 0.6 is 15.9 Å². The van der Waals surface area contributed by atoms with Crippen LogP contribution in [0.2, 0.25) is 0 Å². The molecule has 1 atom stereocenters. The second-order valence-electron chi connectivity index (χ2n) is 5.56. The molecule has 0 bridgehead atoms. The maximum Gasteiger partial charge on any atom is 0.244 e. The number of hydrogen-bond donors (Lipinski definition) is 1. The number of halogens is 1. The van der Waals surface area contributed by atoms with Crippen LogP contribution in [0.15, 0.2) is 33.6 Å². The predicted octanol–water partition coefficient (Wildman–Crippen LogP) is 1.74. The summed E-state index contributed by atoms with van der Waals surface area (Å²) >= 11 is 3.28. The Balaban J connectivity index is 1.73. The standard InChI is InChI=1S/C14H17BrN2O3S/c15-12-3-1-2-4-13(12)21(19,20)17-8-7-10(9-17)14(18)16-11-5-6-11/h1-4,10-11H,5-9H2,(H,16,18). The molecule has 3 rings (SSSR count). The number of sulfonamides is 1. The van der Waals surface area contributed by atoms with E-state index < -0.39 is 10.0 Å². The molecule has 1 heterocycles. The molecule has 0 spiro atoms. The zero-order chi connectivity index (χ0) is 15.0. The third-order valence-electron chi connectivity index (χ3n) is 3.90. The van der Waals surface area contributed by atoms with Gasteiger partial charge in [0.25, 0.3) is 0 Å². The van der Waals surface area contributed by atoms with Crippen LogP contribution < -0.4 is 5.32 Å². The predicted molar refractivity (Wildman–Crippen MR) is 82.2 cm³/mol. The van der Waals surface area contributed by atoms with E-state index in [1.54, 1.807) is 24.3 Å². The van der Waals surface area contributed by atoms with Crippen LogP contribution in [-0.2, 0) is 14.8 Å². The van der Waals surface area contributed by atoms with Gasteiger partial charge in [-0.05, 0) is 47.3 Å². The van der Waals surface area contributed by atoms with Gasteiger partial charge in [-0.3, -0.25) is 4.79 Å². The lowest BCUT2D eigenvalue weighted by Crippen LogP contribution is -2.35. The summed E-state index contributed by atoms with van der Waals surface area (Å²) < 4.78 is 27.2. The number of amides is 1. The number of nitrogens with one attached hydrogen (secondary N) is 1. The molecule has 1 aliphatic heterocycles. The molecule has 1 aliphatic carbocycles. The number of carbonyl (C=O) groups excluding carboxylic acids is 1. The molecule has 2 fully saturated rings. The number of benzene rings is 1. The fraction of sp³-hybridized carbons (Fsp3) is 0.500. The Kier molecular flexibility index (Phi) is 4.07. The van der Waals surface area contributed by atoms with Gasteiger partial charge in [-0.25, -0.2) is 8.42 Å². The largest absolute Gasteiger partial charge is 0.353 e. The summed E-state index contributed by atoms with van der Waals surface area (Å²) in [5.41, 5.74) is 0. The molecule has 114 valence electrons. The van der Waals surface area contributed by atoms with Crippen molar-refractivity contribution >= 4 is 31.9 Å². The van der Waals surface area contributed by atoms with Crippen molar-refractivity contribution in [1.82, 2.24) is 9.62 Å². The summed E-state index contributed by atoms with van der Waals surface area (Å²) in [7, 11) is -3.54. The molecular formula is C14H17BrN2O3S. The number of nitrogens with zero attached hydrogens (tertiary/aromatic N) is 1. The minimum atomic E-state index is -3.54. The van der Waals surface area contributed by atoms with Crippen molar-refractivity contribution in [3.63, 3.8) is 0 Å². The topological polar surface area (TPSA) is 66.5 Å². The number of hydrogen-bond acceptors (Lipinski definition) is 3. The smallest absolute Gasteiger partial charge is 0.244 e. The third kappa shape index (κ3) is 3.14. The lowest BCUT2D eigenvalue weighted by molar-refractivity contribution is -0.124. The first kappa shape index (κ1) is 15.0. The van der Waals surface area contributed by atoms with E-state index in [1.807, 2.05) is 0 Å². The second-order valence-corrected chi connectivity index (χ2v) is 8.32. The molecule has 1 saturated carbocycles. The molecule has 1 saturated heterocycles. The van der Waals surface area contributed by atoms with E-state index in [-0.39, 0.29) is 23.3 Å². The molecule has 7 heteroatoms. The minimum absolute atomic E-state index is 0.0117. The molecule has 1 aromatic carbocycles. The normalized spacial score (nSPS) is 23.2. The van der Waals surface area contributed by atoms with Crippen molar-refractivity contribution in [3.8, 4) is 0 Å². The molecule has 1 aromatic rings. The van der Waals surface area contributed by atoms with E-state index >= 15 is 0 Å². The Morgan fingerprint density at radius 1 is 1.24 bits per heavy atom. The molecule has 1 N–H and O–H groups in total. The third-order valence-corrected chi connectivity index (χ3v) is 6.78. The van der Waals surface area contributed by atoms with Crippen LogP contribution in [0.25, 0.3) is 0 Å². The van der Waals surface area contributed by atoms with Gasteiger partial charge in [0.15, 0.2) is 0 Å². The SMILES string of the molecule is O=C(NC1CC1)C1CCN(S(=O)(=O)c2ccccc2Br)C1. The van der Waals surface area contributed by atoms with Crippen molar-refractivity contribution in [2.75, 3.05) is 13.1 Å². The number of rotatable bonds is 4. The van der Waals surface area contributed by atoms with Crippen molar-refractivity contribution in [2.45, 2.75) is 30.2 Å². The van der Waals surface area contributed by atoms with Gasteiger partial charge in [0, 0.05) is 23.6 Å². The van der Waals surface area contributed by atoms with Gasteiger partial charge in [0.05, 0.1) is 10.8 Å². The molecule has 0 radical (unpaired) electrons. The fourth-order valence-corrected chi connectivity index (χ4v) is 4.96. The van der Waals surface area contributed by atoms with E-state index in [4.69, 9.17) is 0 Å². The first-order chi connectivity index (χ1) is 9.98. The maximum atomic E-state index is 12.6. The van der Waals surface area contributed by atoms with Crippen LogP contribution in [0.4, 0.5) is 0 Å². The van der Waals surface area contributed by atoms with E-state index in [1.165, 1.54) is 4.31 Å². The van der Waals surface area contributed by atoms with E-state index in [9.17, 15) is 13.2 Å². The monoisotopic (exact) mass is 372 g/mol. The zero-order valence-corrected chi connectivity index (χ0v) is 13.9. The Morgan fingerprint density at radius 3 is 2.62 bits per heavy atom. The summed E-state index contributed by atoms with van der Waals surface area (Å²) in [6.45, 7) is 0.661. The Labute approximate surface area is 132 Å². The van der Waals surface area contributed by atoms with Crippen LogP contribution in [-0.4, -0.2) is 37.8 Å². The zero-order valence-electron chi connectivity index (χ0n) is 11.5. The van der Waals surface area contributed by atoms with E-state index in [0.717, 1.165) is 12.8 Å². The minimum Gasteiger partial charge on any atom is -0.353 e. The van der Waals surface area contributed by atoms with E-state index in [0.29, 0.717) is 23.5 Å². The van der Waals surface area contributed by atoms with Gasteiger partial charge in [-0.2, -0.15) is 4.31 Å². The lowest BCUT2D eigenvalue weighted by atomic mass is 10.1. The summed E-state index contributed by atoms with van der Waals surface area (Å²) in [6.07, 6.45) is 2.66. The van der Waals surface area contributed by atoms with Crippen molar-refractivity contribution in [3.05, 3.63) is 28.7 Å². The molecule has 1 unspecified atom stereocenters. The first-order valence-corrected chi connectivity index (χ1v) is 9.27. The molecule has 5 nitrogen and oxygen atoms in total. The van der Waals surface area contributed by atoms with Crippen LogP contribution in [0.3, 0.4) is 0 Å². The van der Waals surface area contributed by atoms with Gasteiger partial charge in [0.2, 0.25) is 15.9 Å². The lowest BCUT2D eigenvalue weighted by Gasteiger charge is -2.17. The van der Waals surface area contributed by atoms with Gasteiger partial charge in [0.1, 0.15) is 0 Å². The summed E-state index contributed by atoms with van der Waals surface area (Å²) in [6, 6.07) is 7.08. The van der Waals surface area contributed by atoms with Crippen molar-refractivity contribution in [2.24, 2.45) is 5.92 Å². The summed E-state index contributed by atoms with van der Waals surface area (Å²) in [5.74, 6) is -0.245. The quantitative estimate of drug-likeness (QED) is 0.874. The number of carbonyl (C=O) groups is 1. The highest BCUT2D eigenvalue weighted by Crippen LogP contribution is 2.29.